The van der Waals surface area contributed by atoms with E-state index >= 15 is 0 Å². The van der Waals surface area contributed by atoms with Gasteiger partial charge >= 0.3 is 6.03 Å². The van der Waals surface area contributed by atoms with Gasteiger partial charge in [-0.15, -0.1) is 0 Å². The van der Waals surface area contributed by atoms with Gasteiger partial charge in [-0.1, -0.05) is 44.2 Å². The van der Waals surface area contributed by atoms with E-state index < -0.39 is 0 Å². The number of carbonyl (C=O) groups excluding carboxylic acids is 1. The predicted octanol–water partition coefficient (Wildman–Crippen LogP) is 4.85. The molecule has 4 rings (SSSR count). The molecule has 2 aliphatic heterocycles. The molecule has 142 valence electrons. The largest absolute Gasteiger partial charge is 0.371 e. The van der Waals surface area contributed by atoms with E-state index in [9.17, 15) is 4.79 Å². The molecule has 0 saturated heterocycles. The number of hydrogen-bond acceptors (Lipinski definition) is 2. The lowest BCUT2D eigenvalue weighted by Crippen LogP contribution is -2.43. The molecule has 2 atom stereocenters. The number of amides is 2. The summed E-state index contributed by atoms with van der Waals surface area (Å²) in [6, 6.07) is 15.0. The topological polar surface area (TPSA) is 44.4 Å². The van der Waals surface area contributed by atoms with E-state index in [0.717, 1.165) is 25.2 Å². The van der Waals surface area contributed by atoms with Crippen LogP contribution in [0.5, 0.6) is 0 Å². The molecule has 0 aliphatic carbocycles. The number of rotatable bonds is 3. The van der Waals surface area contributed by atoms with Gasteiger partial charge in [-0.3, -0.25) is 0 Å². The molecular weight excluding hydrogens is 334 g/mol. The Balaban J connectivity index is 1.86. The van der Waals surface area contributed by atoms with E-state index in [1.54, 1.807) is 0 Å². The Morgan fingerprint density at radius 1 is 1.22 bits per heavy atom. The molecule has 0 radical (unpaired) electrons. The third-order valence-electron chi connectivity index (χ3n) is 6.30. The van der Waals surface area contributed by atoms with Crippen molar-refractivity contribution in [2.75, 3.05) is 29.9 Å². The third-order valence-corrected chi connectivity index (χ3v) is 6.30. The van der Waals surface area contributed by atoms with Gasteiger partial charge in [0.15, 0.2) is 0 Å². The first-order valence-electron chi connectivity index (χ1n) is 10.1. The van der Waals surface area contributed by atoms with Crippen LogP contribution in [0.1, 0.15) is 56.2 Å². The molecule has 0 fully saturated rings. The third kappa shape index (κ3) is 3.07. The van der Waals surface area contributed by atoms with E-state index in [0.29, 0.717) is 12.5 Å². The SMILES string of the molecule is CCNC(=O)Nc1cc2c3c(c1)[C@](C)(c1ccccc1)CCN3CCC2C. The van der Waals surface area contributed by atoms with E-state index in [1.807, 2.05) is 6.92 Å². The van der Waals surface area contributed by atoms with Gasteiger partial charge in [0, 0.05) is 36.4 Å². The van der Waals surface area contributed by atoms with Crippen molar-refractivity contribution < 1.29 is 4.79 Å². The van der Waals surface area contributed by atoms with Crippen molar-refractivity contribution in [1.82, 2.24) is 5.32 Å². The van der Waals surface area contributed by atoms with Crippen molar-refractivity contribution in [3.05, 3.63) is 59.2 Å². The molecule has 2 N–H and O–H groups in total. The summed E-state index contributed by atoms with van der Waals surface area (Å²) in [6.07, 6.45) is 2.25. The van der Waals surface area contributed by atoms with E-state index in [1.165, 1.54) is 28.8 Å². The first-order valence-corrected chi connectivity index (χ1v) is 10.1. The van der Waals surface area contributed by atoms with E-state index in [4.69, 9.17) is 0 Å². The summed E-state index contributed by atoms with van der Waals surface area (Å²) in [7, 11) is 0. The van der Waals surface area contributed by atoms with Crippen LogP contribution in [-0.2, 0) is 5.41 Å². The molecule has 27 heavy (non-hydrogen) atoms. The van der Waals surface area contributed by atoms with Crippen molar-refractivity contribution in [1.29, 1.82) is 0 Å². The quantitative estimate of drug-likeness (QED) is 0.819. The Bertz CT molecular complexity index is 848. The average molecular weight is 364 g/mol. The monoisotopic (exact) mass is 363 g/mol. The van der Waals surface area contributed by atoms with E-state index in [-0.39, 0.29) is 11.4 Å². The molecular formula is C23H29N3O. The zero-order valence-corrected chi connectivity index (χ0v) is 16.5. The summed E-state index contributed by atoms with van der Waals surface area (Å²) in [6.45, 7) is 9.41. The lowest BCUT2D eigenvalue weighted by molar-refractivity contribution is 0.252. The van der Waals surface area contributed by atoms with Gasteiger partial charge in [0.05, 0.1) is 0 Å². The van der Waals surface area contributed by atoms with Crippen LogP contribution in [0.3, 0.4) is 0 Å². The highest BCUT2D eigenvalue weighted by atomic mass is 16.2. The molecule has 0 aromatic heterocycles. The summed E-state index contributed by atoms with van der Waals surface area (Å²) in [4.78, 5) is 14.7. The van der Waals surface area contributed by atoms with Crippen LogP contribution in [0, 0.1) is 0 Å². The van der Waals surface area contributed by atoms with Crippen molar-refractivity contribution >= 4 is 17.4 Å². The zero-order valence-electron chi connectivity index (χ0n) is 16.5. The Kier molecular flexibility index (Phi) is 4.58. The molecule has 2 heterocycles. The van der Waals surface area contributed by atoms with E-state index in [2.05, 4.69) is 71.8 Å². The summed E-state index contributed by atoms with van der Waals surface area (Å²) < 4.78 is 0. The second-order valence-corrected chi connectivity index (χ2v) is 8.07. The minimum Gasteiger partial charge on any atom is -0.371 e. The number of carbonyl (C=O) groups is 1. The van der Waals surface area contributed by atoms with Gasteiger partial charge in [-0.25, -0.2) is 4.79 Å². The van der Waals surface area contributed by atoms with Gasteiger partial charge in [0.1, 0.15) is 0 Å². The van der Waals surface area contributed by atoms with Crippen LogP contribution in [0.2, 0.25) is 0 Å². The summed E-state index contributed by atoms with van der Waals surface area (Å²) in [5, 5.41) is 5.89. The second kappa shape index (κ2) is 6.91. The van der Waals surface area contributed by atoms with Gasteiger partial charge in [-0.2, -0.15) is 0 Å². The standard InChI is InChI=1S/C23H29N3O/c1-4-24-22(27)25-18-14-19-16(2)10-12-26-13-11-23(3,20(15-18)21(19)26)17-8-6-5-7-9-17/h5-9,14-16H,4,10-13H2,1-3H3,(H2,24,25,27)/t16?,23-/m0/s1. The van der Waals surface area contributed by atoms with Gasteiger partial charge < -0.3 is 15.5 Å². The number of nitrogens with one attached hydrogen (secondary N) is 2. The lowest BCUT2D eigenvalue weighted by atomic mass is 9.68. The molecule has 0 saturated carbocycles. The number of anilines is 2. The smallest absolute Gasteiger partial charge is 0.319 e. The number of benzene rings is 2. The summed E-state index contributed by atoms with van der Waals surface area (Å²) in [5.41, 5.74) is 6.31. The van der Waals surface area contributed by atoms with Crippen LogP contribution in [0.4, 0.5) is 16.2 Å². The summed E-state index contributed by atoms with van der Waals surface area (Å²) >= 11 is 0. The van der Waals surface area contributed by atoms with Crippen molar-refractivity contribution in [3.8, 4) is 0 Å². The Morgan fingerprint density at radius 3 is 2.74 bits per heavy atom. The molecule has 2 amide bonds. The summed E-state index contributed by atoms with van der Waals surface area (Å²) in [5.74, 6) is 0.504. The van der Waals surface area contributed by atoms with Gasteiger partial charge in [-0.05, 0) is 54.5 Å². The number of nitrogens with zero attached hydrogens (tertiary/aromatic N) is 1. The normalized spacial score (nSPS) is 23.5. The van der Waals surface area contributed by atoms with Crippen LogP contribution in [0.15, 0.2) is 42.5 Å². The molecule has 4 nitrogen and oxygen atoms in total. The average Bonchev–Trinajstić information content (AvgIpc) is 2.67. The van der Waals surface area contributed by atoms with Crippen LogP contribution < -0.4 is 15.5 Å². The molecule has 2 aliphatic rings. The maximum atomic E-state index is 12.1. The first-order chi connectivity index (χ1) is 13.0. The zero-order chi connectivity index (χ0) is 19.0. The van der Waals surface area contributed by atoms with Gasteiger partial charge in [0.2, 0.25) is 0 Å². The highest BCUT2D eigenvalue weighted by molar-refractivity contribution is 5.90. The predicted molar refractivity (Wildman–Crippen MR) is 112 cm³/mol. The van der Waals surface area contributed by atoms with Crippen LogP contribution in [-0.4, -0.2) is 25.7 Å². The fraction of sp³-hybridized carbons (Fsp3) is 0.435. The minimum atomic E-state index is -0.137. The second-order valence-electron chi connectivity index (χ2n) is 8.07. The van der Waals surface area contributed by atoms with Crippen molar-refractivity contribution in [3.63, 3.8) is 0 Å². The van der Waals surface area contributed by atoms with Crippen molar-refractivity contribution in [2.45, 2.75) is 44.9 Å². The molecule has 2 aromatic rings. The van der Waals surface area contributed by atoms with Crippen LogP contribution in [0.25, 0.3) is 0 Å². The van der Waals surface area contributed by atoms with Crippen molar-refractivity contribution in [2.24, 2.45) is 0 Å². The first kappa shape index (κ1) is 17.9. The lowest BCUT2D eigenvalue weighted by Gasteiger charge is -2.47. The highest BCUT2D eigenvalue weighted by Crippen LogP contribution is 2.50. The highest BCUT2D eigenvalue weighted by Gasteiger charge is 2.40. The number of hydrogen-bond donors (Lipinski definition) is 2. The molecule has 1 unspecified atom stereocenters. The molecule has 2 aromatic carbocycles. The maximum Gasteiger partial charge on any atom is 0.319 e. The molecule has 0 spiro atoms. The molecule has 4 heteroatoms. The Hall–Kier alpha value is -2.49. The minimum absolute atomic E-state index is 0.0438. The fourth-order valence-corrected chi connectivity index (χ4v) is 4.65. The van der Waals surface area contributed by atoms with Gasteiger partial charge in [0.25, 0.3) is 0 Å². The number of urea groups is 1. The Morgan fingerprint density at radius 2 is 2.00 bits per heavy atom. The fourth-order valence-electron chi connectivity index (χ4n) is 4.65. The molecule has 0 bridgehead atoms. The Labute approximate surface area is 162 Å². The van der Waals surface area contributed by atoms with Crippen LogP contribution >= 0.6 is 0 Å². The maximum absolute atomic E-state index is 12.1.